The molecule has 2 aliphatic heterocycles. The van der Waals surface area contributed by atoms with Gasteiger partial charge in [-0.1, -0.05) is 60.7 Å². The lowest BCUT2D eigenvalue weighted by atomic mass is 9.87. The topological polar surface area (TPSA) is 6.48 Å². The molecule has 2 heteroatoms. The van der Waals surface area contributed by atoms with Crippen molar-refractivity contribution in [2.24, 2.45) is 0 Å². The third kappa shape index (κ3) is 3.55. The lowest BCUT2D eigenvalue weighted by Crippen LogP contribution is -2.57. The zero-order valence-electron chi connectivity index (χ0n) is 14.5. The van der Waals surface area contributed by atoms with Crippen LogP contribution >= 0.6 is 0 Å². The van der Waals surface area contributed by atoms with Gasteiger partial charge in [0.05, 0.1) is 0 Å². The predicted molar refractivity (Wildman–Crippen MR) is 99.7 cm³/mol. The number of benzene rings is 2. The maximum absolute atomic E-state index is 2.75. The number of likely N-dealkylation sites (tertiary alicyclic amines) is 2. The molecule has 2 aliphatic rings. The summed E-state index contributed by atoms with van der Waals surface area (Å²) in [6.45, 7) is 4.74. The van der Waals surface area contributed by atoms with Gasteiger partial charge in [-0.2, -0.15) is 0 Å². The van der Waals surface area contributed by atoms with Gasteiger partial charge in [0.25, 0.3) is 0 Å². The molecule has 0 bridgehead atoms. The molecule has 4 rings (SSSR count). The highest BCUT2D eigenvalue weighted by atomic mass is 15.3. The normalized spacial score (nSPS) is 25.3. The molecule has 0 amide bonds. The van der Waals surface area contributed by atoms with Crippen LogP contribution in [0.1, 0.15) is 36.8 Å². The highest BCUT2D eigenvalue weighted by Gasteiger charge is 2.37. The van der Waals surface area contributed by atoms with Gasteiger partial charge in [-0.3, -0.25) is 9.80 Å². The Balaban J connectivity index is 1.47. The molecule has 0 saturated carbocycles. The minimum absolute atomic E-state index is 0.733. The lowest BCUT2D eigenvalue weighted by Gasteiger charge is -2.49. The van der Waals surface area contributed by atoms with E-state index in [1.807, 2.05) is 0 Å². The van der Waals surface area contributed by atoms with Gasteiger partial charge in [0, 0.05) is 25.2 Å². The van der Waals surface area contributed by atoms with E-state index in [-0.39, 0.29) is 0 Å². The first-order chi connectivity index (χ1) is 11.9. The molecule has 2 atom stereocenters. The molecule has 2 nitrogen and oxygen atoms in total. The van der Waals surface area contributed by atoms with Crippen LogP contribution in [0.3, 0.4) is 0 Å². The number of fused-ring (bicyclic) bond motifs is 1. The predicted octanol–water partition coefficient (Wildman–Crippen LogP) is 4.32. The van der Waals surface area contributed by atoms with Crippen molar-refractivity contribution in [2.45, 2.75) is 50.9 Å². The molecule has 0 unspecified atom stereocenters. The Kier molecular flexibility index (Phi) is 4.96. The summed E-state index contributed by atoms with van der Waals surface area (Å²) in [7, 11) is 0. The molecule has 0 aromatic heterocycles. The van der Waals surface area contributed by atoms with E-state index in [0.29, 0.717) is 0 Å². The molecule has 0 spiro atoms. The van der Waals surface area contributed by atoms with Crippen molar-refractivity contribution in [1.29, 1.82) is 0 Å². The summed E-state index contributed by atoms with van der Waals surface area (Å²) in [4.78, 5) is 5.50. The van der Waals surface area contributed by atoms with E-state index < -0.39 is 0 Å². The van der Waals surface area contributed by atoms with E-state index in [1.54, 1.807) is 0 Å². The molecule has 2 fully saturated rings. The standard InChI is InChI=1S/C22H28N2/c1-3-9-19(10-4-1)17-23-15-7-14-22-21(23)13-8-16-24(22)18-20-11-5-2-6-12-20/h1-6,9-12,21-22H,7-8,13-18H2/t21-,22-/m0/s1. The van der Waals surface area contributed by atoms with Gasteiger partial charge in [-0.25, -0.2) is 0 Å². The van der Waals surface area contributed by atoms with Crippen LogP contribution in [0.15, 0.2) is 60.7 Å². The second-order valence-corrected chi connectivity index (χ2v) is 7.33. The van der Waals surface area contributed by atoms with Crippen LogP contribution in [0, 0.1) is 0 Å². The molecule has 0 radical (unpaired) electrons. The first-order valence-electron chi connectivity index (χ1n) is 9.46. The van der Waals surface area contributed by atoms with Crippen molar-refractivity contribution in [3.63, 3.8) is 0 Å². The van der Waals surface area contributed by atoms with E-state index in [0.717, 1.165) is 25.2 Å². The van der Waals surface area contributed by atoms with Gasteiger partial charge >= 0.3 is 0 Å². The summed E-state index contributed by atoms with van der Waals surface area (Å²) in [5.41, 5.74) is 2.91. The molecule has 0 N–H and O–H groups in total. The van der Waals surface area contributed by atoms with E-state index in [2.05, 4.69) is 70.5 Å². The first-order valence-corrected chi connectivity index (χ1v) is 9.46. The number of nitrogens with zero attached hydrogens (tertiary/aromatic N) is 2. The van der Waals surface area contributed by atoms with Crippen LogP contribution in [0.2, 0.25) is 0 Å². The van der Waals surface area contributed by atoms with Gasteiger partial charge in [-0.05, 0) is 49.9 Å². The summed E-state index contributed by atoms with van der Waals surface area (Å²) in [6, 6.07) is 23.4. The summed E-state index contributed by atoms with van der Waals surface area (Å²) in [5, 5.41) is 0. The quantitative estimate of drug-likeness (QED) is 0.828. The molecular formula is C22H28N2. The van der Waals surface area contributed by atoms with Crippen LogP contribution < -0.4 is 0 Å². The van der Waals surface area contributed by atoms with Gasteiger partial charge in [0.1, 0.15) is 0 Å². The van der Waals surface area contributed by atoms with Crippen LogP contribution in [0.4, 0.5) is 0 Å². The molecule has 2 aromatic carbocycles. The van der Waals surface area contributed by atoms with Gasteiger partial charge in [-0.15, -0.1) is 0 Å². The lowest BCUT2D eigenvalue weighted by molar-refractivity contribution is -0.00199. The van der Waals surface area contributed by atoms with Crippen molar-refractivity contribution in [3.8, 4) is 0 Å². The second-order valence-electron chi connectivity index (χ2n) is 7.33. The van der Waals surface area contributed by atoms with E-state index in [1.165, 1.54) is 49.9 Å². The van der Waals surface area contributed by atoms with Crippen LogP contribution in [0.5, 0.6) is 0 Å². The molecule has 24 heavy (non-hydrogen) atoms. The van der Waals surface area contributed by atoms with E-state index >= 15 is 0 Å². The number of piperidine rings is 2. The maximum Gasteiger partial charge on any atom is 0.0255 e. The van der Waals surface area contributed by atoms with Crippen molar-refractivity contribution < 1.29 is 0 Å². The first kappa shape index (κ1) is 15.9. The Morgan fingerprint density at radius 2 is 1.04 bits per heavy atom. The van der Waals surface area contributed by atoms with Gasteiger partial charge < -0.3 is 0 Å². The average molecular weight is 320 g/mol. The van der Waals surface area contributed by atoms with E-state index in [9.17, 15) is 0 Å². The fourth-order valence-corrected chi connectivity index (χ4v) is 4.60. The highest BCUT2D eigenvalue weighted by Crippen LogP contribution is 2.32. The Labute approximate surface area is 146 Å². The molecular weight excluding hydrogens is 292 g/mol. The maximum atomic E-state index is 2.75. The Morgan fingerprint density at radius 3 is 1.46 bits per heavy atom. The zero-order valence-corrected chi connectivity index (χ0v) is 14.5. The van der Waals surface area contributed by atoms with Crippen molar-refractivity contribution in [3.05, 3.63) is 71.8 Å². The molecule has 0 aliphatic carbocycles. The smallest absolute Gasteiger partial charge is 0.0255 e. The zero-order chi connectivity index (χ0) is 16.2. The van der Waals surface area contributed by atoms with Crippen LogP contribution in [-0.2, 0) is 13.1 Å². The van der Waals surface area contributed by atoms with Gasteiger partial charge in [0.2, 0.25) is 0 Å². The molecule has 2 heterocycles. The largest absolute Gasteiger partial charge is 0.295 e. The fraction of sp³-hybridized carbons (Fsp3) is 0.455. The third-order valence-corrected chi connectivity index (χ3v) is 5.73. The van der Waals surface area contributed by atoms with Crippen molar-refractivity contribution in [1.82, 2.24) is 9.80 Å². The Hall–Kier alpha value is -1.64. The number of rotatable bonds is 4. The summed E-state index contributed by atoms with van der Waals surface area (Å²) in [6.07, 6.45) is 5.39. The number of hydrogen-bond acceptors (Lipinski definition) is 2. The molecule has 2 aromatic rings. The second kappa shape index (κ2) is 7.50. The molecule has 2 saturated heterocycles. The monoisotopic (exact) mass is 320 g/mol. The summed E-state index contributed by atoms with van der Waals surface area (Å²) in [5.74, 6) is 0. The van der Waals surface area contributed by atoms with E-state index in [4.69, 9.17) is 0 Å². The molecule has 126 valence electrons. The Morgan fingerprint density at radius 1 is 0.625 bits per heavy atom. The Bertz CT molecular complexity index is 567. The minimum Gasteiger partial charge on any atom is -0.295 e. The summed E-state index contributed by atoms with van der Waals surface area (Å²) < 4.78 is 0. The van der Waals surface area contributed by atoms with Crippen LogP contribution in [0.25, 0.3) is 0 Å². The SMILES string of the molecule is c1ccc(CN2CCC[C@H]3[C@@H]2CCCN3Cc2ccccc2)cc1. The number of hydrogen-bond donors (Lipinski definition) is 0. The third-order valence-electron chi connectivity index (χ3n) is 5.73. The summed E-state index contributed by atoms with van der Waals surface area (Å²) >= 11 is 0. The highest BCUT2D eigenvalue weighted by molar-refractivity contribution is 5.16. The fourth-order valence-electron chi connectivity index (χ4n) is 4.60. The van der Waals surface area contributed by atoms with Crippen molar-refractivity contribution in [2.75, 3.05) is 13.1 Å². The van der Waals surface area contributed by atoms with Crippen LogP contribution in [-0.4, -0.2) is 35.0 Å². The van der Waals surface area contributed by atoms with Gasteiger partial charge in [0.15, 0.2) is 0 Å². The minimum atomic E-state index is 0.733. The average Bonchev–Trinajstić information content (AvgIpc) is 2.64. The van der Waals surface area contributed by atoms with Crippen molar-refractivity contribution >= 4 is 0 Å².